The first kappa shape index (κ1) is 20.6. The summed E-state index contributed by atoms with van der Waals surface area (Å²) in [4.78, 5) is 30.4. The highest BCUT2D eigenvalue weighted by molar-refractivity contribution is 8.00. The fourth-order valence-corrected chi connectivity index (χ4v) is 4.32. The number of para-hydroxylation sites is 2. The molecule has 30 heavy (non-hydrogen) atoms. The zero-order valence-corrected chi connectivity index (χ0v) is 17.3. The highest BCUT2D eigenvalue weighted by atomic mass is 32.2. The van der Waals surface area contributed by atoms with Crippen LogP contribution >= 0.6 is 11.8 Å². The third-order valence-corrected chi connectivity index (χ3v) is 6.11. The monoisotopic (exact) mass is 427 g/mol. The third kappa shape index (κ3) is 4.39. The van der Waals surface area contributed by atoms with Crippen molar-refractivity contribution in [2.75, 3.05) is 11.9 Å². The normalized spacial score (nSPS) is 17.2. The summed E-state index contributed by atoms with van der Waals surface area (Å²) in [5.74, 6) is -0.863. The highest BCUT2D eigenvalue weighted by Gasteiger charge is 2.23. The Labute approximate surface area is 177 Å². The van der Waals surface area contributed by atoms with Gasteiger partial charge in [-0.25, -0.2) is 9.37 Å². The van der Waals surface area contributed by atoms with E-state index in [9.17, 15) is 14.0 Å². The van der Waals surface area contributed by atoms with E-state index in [4.69, 9.17) is 4.74 Å². The molecule has 1 fully saturated rings. The quantitative estimate of drug-likeness (QED) is 0.478. The fraction of sp³-hybridized carbons (Fsp3) is 0.318. The molecule has 6 nitrogen and oxygen atoms in total. The summed E-state index contributed by atoms with van der Waals surface area (Å²) < 4.78 is 21.2. The molecule has 2 atom stereocenters. The van der Waals surface area contributed by atoms with Crippen LogP contribution in [0.3, 0.4) is 0 Å². The number of benzene rings is 2. The number of anilines is 1. The molecule has 1 amide bonds. The number of halogens is 1. The van der Waals surface area contributed by atoms with Crippen LogP contribution in [0.15, 0.2) is 58.5 Å². The van der Waals surface area contributed by atoms with E-state index < -0.39 is 11.1 Å². The Morgan fingerprint density at radius 1 is 1.30 bits per heavy atom. The Bertz CT molecular complexity index is 1130. The molecule has 2 unspecified atom stereocenters. The topological polar surface area (TPSA) is 73.2 Å². The number of nitrogens with zero attached hydrogens (tertiary/aromatic N) is 2. The van der Waals surface area contributed by atoms with Gasteiger partial charge in [-0.3, -0.25) is 14.2 Å². The van der Waals surface area contributed by atoms with E-state index in [-0.39, 0.29) is 23.3 Å². The van der Waals surface area contributed by atoms with Crippen molar-refractivity contribution >= 4 is 34.3 Å². The summed E-state index contributed by atoms with van der Waals surface area (Å²) in [6.45, 7) is 2.78. The minimum absolute atomic E-state index is 0.0486. The SMILES string of the molecule is CC(Sc1nc2ccccc2c(=O)n1CC1CCCO1)C(=O)Nc1ccccc1F. The number of nitrogens with one attached hydrogen (secondary N) is 1. The zero-order chi connectivity index (χ0) is 21.1. The van der Waals surface area contributed by atoms with E-state index in [1.54, 1.807) is 41.8 Å². The van der Waals surface area contributed by atoms with Gasteiger partial charge >= 0.3 is 0 Å². The molecule has 1 saturated heterocycles. The van der Waals surface area contributed by atoms with Crippen LogP contribution in [0.4, 0.5) is 10.1 Å². The van der Waals surface area contributed by atoms with Crippen LogP contribution in [0.25, 0.3) is 10.9 Å². The van der Waals surface area contributed by atoms with Gasteiger partial charge in [0.05, 0.1) is 34.5 Å². The lowest BCUT2D eigenvalue weighted by Gasteiger charge is -2.18. The lowest BCUT2D eigenvalue weighted by atomic mass is 10.2. The Kier molecular flexibility index (Phi) is 6.15. The molecule has 3 aromatic rings. The molecule has 8 heteroatoms. The van der Waals surface area contributed by atoms with Gasteiger partial charge in [0.1, 0.15) is 5.82 Å². The van der Waals surface area contributed by atoms with Crippen molar-refractivity contribution in [1.82, 2.24) is 9.55 Å². The van der Waals surface area contributed by atoms with Crippen LogP contribution in [-0.2, 0) is 16.1 Å². The van der Waals surface area contributed by atoms with Gasteiger partial charge in [0.15, 0.2) is 5.16 Å². The van der Waals surface area contributed by atoms with Gasteiger partial charge in [0, 0.05) is 6.61 Å². The standard InChI is InChI=1S/C22H22FN3O3S/c1-14(20(27)24-19-11-5-3-9-17(19)23)30-22-25-18-10-4-2-8-16(18)21(28)26(22)13-15-7-6-12-29-15/h2-5,8-11,14-15H,6-7,12-13H2,1H3,(H,24,27). The fourth-order valence-electron chi connectivity index (χ4n) is 3.40. The highest BCUT2D eigenvalue weighted by Crippen LogP contribution is 2.25. The van der Waals surface area contributed by atoms with Gasteiger partial charge in [-0.05, 0) is 44.0 Å². The second-order valence-corrected chi connectivity index (χ2v) is 8.50. The van der Waals surface area contributed by atoms with E-state index in [1.165, 1.54) is 23.9 Å². The molecule has 2 heterocycles. The number of carbonyl (C=O) groups is 1. The maximum absolute atomic E-state index is 13.9. The number of hydrogen-bond acceptors (Lipinski definition) is 5. The Morgan fingerprint density at radius 3 is 2.83 bits per heavy atom. The van der Waals surface area contributed by atoms with E-state index in [0.717, 1.165) is 12.8 Å². The molecule has 1 aromatic heterocycles. The number of amides is 1. The number of aromatic nitrogens is 2. The zero-order valence-electron chi connectivity index (χ0n) is 16.5. The van der Waals surface area contributed by atoms with Crippen molar-refractivity contribution in [2.24, 2.45) is 0 Å². The van der Waals surface area contributed by atoms with Crippen molar-refractivity contribution in [3.05, 3.63) is 64.7 Å². The molecule has 0 spiro atoms. The number of rotatable bonds is 6. The number of fused-ring (bicyclic) bond motifs is 1. The van der Waals surface area contributed by atoms with Crippen LogP contribution in [0.5, 0.6) is 0 Å². The lowest BCUT2D eigenvalue weighted by Crippen LogP contribution is -2.30. The molecule has 156 valence electrons. The lowest BCUT2D eigenvalue weighted by molar-refractivity contribution is -0.115. The molecule has 2 aromatic carbocycles. The van der Waals surface area contributed by atoms with Crippen LogP contribution in [-0.4, -0.2) is 33.4 Å². The van der Waals surface area contributed by atoms with Crippen molar-refractivity contribution < 1.29 is 13.9 Å². The molecule has 0 aliphatic carbocycles. The van der Waals surface area contributed by atoms with Crippen molar-refractivity contribution in [3.63, 3.8) is 0 Å². The van der Waals surface area contributed by atoms with Crippen LogP contribution < -0.4 is 10.9 Å². The average molecular weight is 428 g/mol. The first-order valence-corrected chi connectivity index (χ1v) is 10.7. The minimum Gasteiger partial charge on any atom is -0.376 e. The van der Waals surface area contributed by atoms with Crippen molar-refractivity contribution in [2.45, 2.75) is 42.8 Å². The van der Waals surface area contributed by atoms with Gasteiger partial charge in [-0.1, -0.05) is 36.0 Å². The molecular formula is C22H22FN3O3S. The van der Waals surface area contributed by atoms with Crippen molar-refractivity contribution in [1.29, 1.82) is 0 Å². The number of ether oxygens (including phenoxy) is 1. The predicted molar refractivity (Wildman–Crippen MR) is 115 cm³/mol. The van der Waals surface area contributed by atoms with E-state index >= 15 is 0 Å². The Balaban J connectivity index is 1.62. The molecule has 0 saturated carbocycles. The summed E-state index contributed by atoms with van der Waals surface area (Å²) >= 11 is 1.18. The first-order valence-electron chi connectivity index (χ1n) is 9.86. The number of carbonyl (C=O) groups excluding carboxylic acids is 1. The summed E-state index contributed by atoms with van der Waals surface area (Å²) in [5, 5.41) is 2.99. The Hall–Kier alpha value is -2.71. The molecule has 4 rings (SSSR count). The molecule has 1 N–H and O–H groups in total. The van der Waals surface area contributed by atoms with Crippen molar-refractivity contribution in [3.8, 4) is 0 Å². The molecule has 1 aliphatic rings. The van der Waals surface area contributed by atoms with Gasteiger partial charge in [-0.2, -0.15) is 0 Å². The summed E-state index contributed by atoms with van der Waals surface area (Å²) in [6, 6.07) is 13.2. The van der Waals surface area contributed by atoms with E-state index in [2.05, 4.69) is 10.3 Å². The van der Waals surface area contributed by atoms with Crippen LogP contribution in [0, 0.1) is 5.82 Å². The Morgan fingerprint density at radius 2 is 2.07 bits per heavy atom. The minimum atomic E-state index is -0.589. The average Bonchev–Trinajstić information content (AvgIpc) is 3.26. The van der Waals surface area contributed by atoms with Gasteiger partial charge in [-0.15, -0.1) is 0 Å². The number of hydrogen-bond donors (Lipinski definition) is 1. The third-order valence-electron chi connectivity index (χ3n) is 5.02. The number of thioether (sulfide) groups is 1. The smallest absolute Gasteiger partial charge is 0.262 e. The first-order chi connectivity index (χ1) is 14.5. The summed E-state index contributed by atoms with van der Waals surface area (Å²) in [7, 11) is 0. The molecule has 1 aliphatic heterocycles. The van der Waals surface area contributed by atoms with Gasteiger partial charge < -0.3 is 10.1 Å². The summed E-state index contributed by atoms with van der Waals surface area (Å²) in [6.07, 6.45) is 1.80. The maximum atomic E-state index is 13.9. The molecular weight excluding hydrogens is 405 g/mol. The van der Waals surface area contributed by atoms with Crippen LogP contribution in [0.1, 0.15) is 19.8 Å². The van der Waals surface area contributed by atoms with E-state index in [1.807, 2.05) is 6.07 Å². The molecule has 0 radical (unpaired) electrons. The predicted octanol–water partition coefficient (Wildman–Crippen LogP) is 3.83. The van der Waals surface area contributed by atoms with Gasteiger partial charge in [0.2, 0.25) is 5.91 Å². The van der Waals surface area contributed by atoms with E-state index in [0.29, 0.717) is 29.2 Å². The largest absolute Gasteiger partial charge is 0.376 e. The summed E-state index contributed by atoms with van der Waals surface area (Å²) in [5.41, 5.74) is 0.550. The second kappa shape index (κ2) is 8.97. The second-order valence-electron chi connectivity index (χ2n) is 7.19. The van der Waals surface area contributed by atoms with Gasteiger partial charge in [0.25, 0.3) is 5.56 Å². The van der Waals surface area contributed by atoms with Crippen LogP contribution in [0.2, 0.25) is 0 Å². The molecule has 0 bridgehead atoms. The maximum Gasteiger partial charge on any atom is 0.262 e.